The SMILES string of the molecule is CC(c1cccc(C(F)(F)F)c1)N(CC(=O)N(C1CCCCC1)C1CCS(=O)(=O)C1)C1CC1. The van der Waals surface area contributed by atoms with Crippen LogP contribution in [-0.4, -0.2) is 60.3 Å². The Bertz CT molecular complexity index is 956. The second-order valence-corrected chi connectivity index (χ2v) is 12.1. The van der Waals surface area contributed by atoms with Gasteiger partial charge in [-0.3, -0.25) is 9.69 Å². The van der Waals surface area contributed by atoms with Crippen LogP contribution in [0, 0.1) is 0 Å². The van der Waals surface area contributed by atoms with Crippen LogP contribution in [0.15, 0.2) is 24.3 Å². The van der Waals surface area contributed by atoms with Crippen LogP contribution in [0.4, 0.5) is 13.2 Å². The van der Waals surface area contributed by atoms with Crippen LogP contribution in [0.5, 0.6) is 0 Å². The average molecular weight is 487 g/mol. The number of halogens is 3. The van der Waals surface area contributed by atoms with Crippen LogP contribution in [0.1, 0.15) is 75.5 Å². The molecule has 0 bridgehead atoms. The Morgan fingerprint density at radius 2 is 1.73 bits per heavy atom. The Balaban J connectivity index is 1.55. The smallest absolute Gasteiger partial charge is 0.335 e. The lowest BCUT2D eigenvalue weighted by atomic mass is 9.92. The summed E-state index contributed by atoms with van der Waals surface area (Å²) in [6, 6.07) is 4.91. The summed E-state index contributed by atoms with van der Waals surface area (Å²) in [5, 5.41) is 0. The lowest BCUT2D eigenvalue weighted by molar-refractivity contribution is -0.139. The van der Waals surface area contributed by atoms with Crippen molar-refractivity contribution in [1.82, 2.24) is 9.80 Å². The highest BCUT2D eigenvalue weighted by Gasteiger charge is 2.41. The normalized spacial score (nSPS) is 24.7. The van der Waals surface area contributed by atoms with E-state index in [1.807, 2.05) is 16.7 Å². The molecule has 184 valence electrons. The Morgan fingerprint density at radius 3 is 2.30 bits per heavy atom. The molecule has 1 aromatic carbocycles. The number of benzene rings is 1. The lowest BCUT2D eigenvalue weighted by Gasteiger charge is -2.40. The Kier molecular flexibility index (Phi) is 7.10. The van der Waals surface area contributed by atoms with E-state index in [9.17, 15) is 26.4 Å². The van der Waals surface area contributed by atoms with E-state index in [1.165, 1.54) is 12.1 Å². The second kappa shape index (κ2) is 9.56. The van der Waals surface area contributed by atoms with Crippen molar-refractivity contribution < 1.29 is 26.4 Å². The van der Waals surface area contributed by atoms with E-state index in [2.05, 4.69) is 0 Å². The van der Waals surface area contributed by atoms with Crippen LogP contribution < -0.4 is 0 Å². The summed E-state index contributed by atoms with van der Waals surface area (Å²) in [7, 11) is -3.14. The summed E-state index contributed by atoms with van der Waals surface area (Å²) >= 11 is 0. The maximum atomic E-state index is 13.7. The predicted molar refractivity (Wildman–Crippen MR) is 120 cm³/mol. The molecule has 0 radical (unpaired) electrons. The molecule has 9 heteroatoms. The minimum Gasteiger partial charge on any atom is -0.335 e. The molecule has 1 amide bonds. The van der Waals surface area contributed by atoms with Crippen LogP contribution in [0.3, 0.4) is 0 Å². The van der Waals surface area contributed by atoms with Crippen molar-refractivity contribution >= 4 is 15.7 Å². The molecule has 1 heterocycles. The van der Waals surface area contributed by atoms with Crippen LogP contribution in [-0.2, 0) is 20.8 Å². The van der Waals surface area contributed by atoms with E-state index in [1.54, 1.807) is 6.07 Å². The minimum absolute atomic E-state index is 0.0157. The Hall–Kier alpha value is -1.61. The standard InChI is InChI=1S/C24H33F3N2O3S/c1-17(18-6-5-7-19(14-18)24(25,26)27)28(20-10-11-20)15-23(30)29(21-8-3-2-4-9-21)22-12-13-33(31,32)16-22/h5-7,14,17,20-22H,2-4,8-13,15-16H2,1H3. The molecular weight excluding hydrogens is 453 g/mol. The zero-order valence-electron chi connectivity index (χ0n) is 19.1. The second-order valence-electron chi connectivity index (χ2n) is 9.85. The summed E-state index contributed by atoms with van der Waals surface area (Å²) in [6.07, 6.45) is 2.84. The van der Waals surface area contributed by atoms with Gasteiger partial charge in [0.2, 0.25) is 5.91 Å². The van der Waals surface area contributed by atoms with E-state index in [-0.39, 0.29) is 48.1 Å². The third-order valence-corrected chi connectivity index (χ3v) is 9.14. The van der Waals surface area contributed by atoms with Crippen molar-refractivity contribution in [2.75, 3.05) is 18.1 Å². The molecule has 2 unspecified atom stereocenters. The number of alkyl halides is 3. The van der Waals surface area contributed by atoms with Gasteiger partial charge < -0.3 is 4.90 Å². The maximum absolute atomic E-state index is 13.7. The summed E-state index contributed by atoms with van der Waals surface area (Å²) in [5.41, 5.74) is -0.147. The number of rotatable bonds is 7. The van der Waals surface area contributed by atoms with Crippen molar-refractivity contribution in [2.45, 2.75) is 88.6 Å². The Labute approximate surface area is 194 Å². The fraction of sp³-hybridized carbons (Fsp3) is 0.708. The molecule has 4 rings (SSSR count). The monoisotopic (exact) mass is 486 g/mol. The van der Waals surface area contributed by atoms with Crippen LogP contribution in [0.2, 0.25) is 0 Å². The van der Waals surface area contributed by atoms with Gasteiger partial charge in [-0.05, 0) is 56.7 Å². The molecule has 2 aliphatic carbocycles. The number of sulfone groups is 1. The molecule has 0 spiro atoms. The molecule has 0 aromatic heterocycles. The third kappa shape index (κ3) is 5.91. The fourth-order valence-electron chi connectivity index (χ4n) is 5.45. The van der Waals surface area contributed by atoms with E-state index >= 15 is 0 Å². The zero-order chi connectivity index (χ0) is 23.8. The third-order valence-electron chi connectivity index (χ3n) is 7.39. The number of nitrogens with zero attached hydrogens (tertiary/aromatic N) is 2. The first kappa shape index (κ1) is 24.5. The molecule has 1 saturated heterocycles. The molecule has 0 N–H and O–H groups in total. The average Bonchev–Trinajstić information content (AvgIpc) is 3.55. The molecule has 2 atom stereocenters. The zero-order valence-corrected chi connectivity index (χ0v) is 19.9. The molecule has 1 aliphatic heterocycles. The van der Waals surface area contributed by atoms with Gasteiger partial charge in [-0.2, -0.15) is 13.2 Å². The molecular formula is C24H33F3N2O3S. The molecule has 33 heavy (non-hydrogen) atoms. The fourth-order valence-corrected chi connectivity index (χ4v) is 7.16. The van der Waals surface area contributed by atoms with Gasteiger partial charge in [0.05, 0.1) is 23.6 Å². The summed E-state index contributed by atoms with van der Waals surface area (Å²) in [5.74, 6) is 0.0398. The van der Waals surface area contributed by atoms with Crippen LogP contribution in [0.25, 0.3) is 0 Å². The largest absolute Gasteiger partial charge is 0.416 e. The van der Waals surface area contributed by atoms with Gasteiger partial charge in [-0.1, -0.05) is 31.4 Å². The topological polar surface area (TPSA) is 57.7 Å². The van der Waals surface area contributed by atoms with Gasteiger partial charge in [-0.25, -0.2) is 8.42 Å². The van der Waals surface area contributed by atoms with Gasteiger partial charge in [-0.15, -0.1) is 0 Å². The molecule has 3 fully saturated rings. The predicted octanol–water partition coefficient (Wildman–Crippen LogP) is 4.58. The van der Waals surface area contributed by atoms with E-state index in [0.717, 1.165) is 51.0 Å². The highest BCUT2D eigenvalue weighted by molar-refractivity contribution is 7.91. The number of carbonyl (C=O) groups excluding carboxylic acids is 1. The minimum atomic E-state index is -4.41. The van der Waals surface area contributed by atoms with E-state index in [0.29, 0.717) is 12.0 Å². The molecule has 3 aliphatic rings. The number of amides is 1. The number of hydrogen-bond donors (Lipinski definition) is 0. The summed E-state index contributed by atoms with van der Waals surface area (Å²) in [6.45, 7) is 1.96. The van der Waals surface area contributed by atoms with Crippen LogP contribution >= 0.6 is 0 Å². The quantitative estimate of drug-likeness (QED) is 0.566. The van der Waals surface area contributed by atoms with Crippen molar-refractivity contribution in [3.8, 4) is 0 Å². The van der Waals surface area contributed by atoms with Crippen molar-refractivity contribution in [2.24, 2.45) is 0 Å². The lowest BCUT2D eigenvalue weighted by Crippen LogP contribution is -2.52. The van der Waals surface area contributed by atoms with Crippen molar-refractivity contribution in [3.05, 3.63) is 35.4 Å². The van der Waals surface area contributed by atoms with E-state index < -0.39 is 21.6 Å². The highest BCUT2D eigenvalue weighted by atomic mass is 32.2. The molecule has 1 aromatic rings. The first-order chi connectivity index (χ1) is 15.5. The van der Waals surface area contributed by atoms with Gasteiger partial charge in [0.1, 0.15) is 0 Å². The van der Waals surface area contributed by atoms with E-state index in [4.69, 9.17) is 0 Å². The van der Waals surface area contributed by atoms with Gasteiger partial charge in [0.15, 0.2) is 9.84 Å². The maximum Gasteiger partial charge on any atom is 0.416 e. The highest BCUT2D eigenvalue weighted by Crippen LogP contribution is 2.37. The first-order valence-corrected chi connectivity index (χ1v) is 13.8. The molecule has 5 nitrogen and oxygen atoms in total. The van der Waals surface area contributed by atoms with Gasteiger partial charge >= 0.3 is 6.18 Å². The summed E-state index contributed by atoms with van der Waals surface area (Å²) < 4.78 is 64.0. The molecule has 2 saturated carbocycles. The van der Waals surface area contributed by atoms with Gasteiger partial charge in [0.25, 0.3) is 0 Å². The Morgan fingerprint density at radius 1 is 1.03 bits per heavy atom. The summed E-state index contributed by atoms with van der Waals surface area (Å²) in [4.78, 5) is 17.5. The first-order valence-electron chi connectivity index (χ1n) is 12.0. The van der Waals surface area contributed by atoms with Crippen molar-refractivity contribution in [1.29, 1.82) is 0 Å². The van der Waals surface area contributed by atoms with Gasteiger partial charge in [0, 0.05) is 24.2 Å². The van der Waals surface area contributed by atoms with Crippen molar-refractivity contribution in [3.63, 3.8) is 0 Å². The number of carbonyl (C=O) groups is 1. The number of hydrogen-bond acceptors (Lipinski definition) is 4.